The molecular formula is C15H20ClNO2. The van der Waals surface area contributed by atoms with E-state index in [0.717, 1.165) is 5.56 Å². The van der Waals surface area contributed by atoms with Gasteiger partial charge < -0.3 is 10.4 Å². The number of halogens is 1. The predicted octanol–water partition coefficient (Wildman–Crippen LogP) is 3.02. The quantitative estimate of drug-likeness (QED) is 0.788. The Bertz CT molecular complexity index is 453. The first-order chi connectivity index (χ1) is 8.99. The Hall–Kier alpha value is -1.32. The summed E-state index contributed by atoms with van der Waals surface area (Å²) in [6.45, 7) is 4.06. The van der Waals surface area contributed by atoms with Gasteiger partial charge in [0, 0.05) is 17.6 Å². The van der Waals surface area contributed by atoms with Crippen LogP contribution in [0.25, 0.3) is 6.08 Å². The number of amides is 1. The van der Waals surface area contributed by atoms with Crippen LogP contribution in [-0.4, -0.2) is 23.2 Å². The SMILES string of the molecule is CCC(O)(CC)CNC(=O)C=Cc1cccc(Cl)c1. The molecule has 2 N–H and O–H groups in total. The van der Waals surface area contributed by atoms with E-state index in [1.54, 1.807) is 18.2 Å². The molecule has 0 saturated heterocycles. The number of benzene rings is 1. The first kappa shape index (κ1) is 15.7. The first-order valence-electron chi connectivity index (χ1n) is 6.43. The zero-order valence-electron chi connectivity index (χ0n) is 11.3. The third kappa shape index (κ3) is 5.45. The van der Waals surface area contributed by atoms with Gasteiger partial charge in [0.2, 0.25) is 5.91 Å². The fourth-order valence-corrected chi connectivity index (χ4v) is 1.79. The highest BCUT2D eigenvalue weighted by atomic mass is 35.5. The smallest absolute Gasteiger partial charge is 0.244 e. The van der Waals surface area contributed by atoms with Gasteiger partial charge in [-0.05, 0) is 36.6 Å². The van der Waals surface area contributed by atoms with Crippen LogP contribution in [0.3, 0.4) is 0 Å². The molecule has 1 amide bonds. The van der Waals surface area contributed by atoms with Gasteiger partial charge in [0.15, 0.2) is 0 Å². The van der Waals surface area contributed by atoms with Crippen molar-refractivity contribution < 1.29 is 9.90 Å². The third-order valence-electron chi connectivity index (χ3n) is 3.18. The molecule has 1 aromatic rings. The molecule has 0 aliphatic heterocycles. The summed E-state index contributed by atoms with van der Waals surface area (Å²) in [4.78, 5) is 11.6. The van der Waals surface area contributed by atoms with Crippen molar-refractivity contribution in [2.75, 3.05) is 6.54 Å². The summed E-state index contributed by atoms with van der Waals surface area (Å²) in [5, 5.41) is 13.4. The van der Waals surface area contributed by atoms with E-state index in [-0.39, 0.29) is 12.5 Å². The van der Waals surface area contributed by atoms with E-state index in [2.05, 4.69) is 5.32 Å². The van der Waals surface area contributed by atoms with Crippen molar-refractivity contribution >= 4 is 23.6 Å². The van der Waals surface area contributed by atoms with Gasteiger partial charge in [0.1, 0.15) is 0 Å². The fraction of sp³-hybridized carbons (Fsp3) is 0.400. The van der Waals surface area contributed by atoms with Gasteiger partial charge in [-0.2, -0.15) is 0 Å². The van der Waals surface area contributed by atoms with Gasteiger partial charge in [0.05, 0.1) is 5.60 Å². The van der Waals surface area contributed by atoms with Crippen molar-refractivity contribution in [2.45, 2.75) is 32.3 Å². The van der Waals surface area contributed by atoms with E-state index >= 15 is 0 Å². The van der Waals surface area contributed by atoms with E-state index in [9.17, 15) is 9.90 Å². The van der Waals surface area contributed by atoms with E-state index in [1.165, 1.54) is 6.08 Å². The van der Waals surface area contributed by atoms with E-state index in [1.807, 2.05) is 26.0 Å². The Labute approximate surface area is 119 Å². The van der Waals surface area contributed by atoms with E-state index < -0.39 is 5.60 Å². The van der Waals surface area contributed by atoms with Crippen molar-refractivity contribution in [1.29, 1.82) is 0 Å². The fourth-order valence-electron chi connectivity index (χ4n) is 1.59. The molecule has 0 bridgehead atoms. The molecule has 1 rings (SSSR count). The molecule has 4 heteroatoms. The Kier molecular flexibility index (Phi) is 6.06. The van der Waals surface area contributed by atoms with Gasteiger partial charge in [-0.15, -0.1) is 0 Å². The van der Waals surface area contributed by atoms with Crippen LogP contribution >= 0.6 is 11.6 Å². The van der Waals surface area contributed by atoms with Crippen LogP contribution < -0.4 is 5.32 Å². The monoisotopic (exact) mass is 281 g/mol. The Balaban J connectivity index is 2.52. The molecule has 0 saturated carbocycles. The minimum absolute atomic E-state index is 0.222. The average molecular weight is 282 g/mol. The maximum absolute atomic E-state index is 11.6. The van der Waals surface area contributed by atoms with Crippen molar-refractivity contribution in [3.8, 4) is 0 Å². The molecular weight excluding hydrogens is 262 g/mol. The minimum atomic E-state index is -0.820. The second-order valence-corrected chi connectivity index (χ2v) is 4.97. The largest absolute Gasteiger partial charge is 0.388 e. The highest BCUT2D eigenvalue weighted by Crippen LogP contribution is 2.13. The summed E-state index contributed by atoms with van der Waals surface area (Å²) in [7, 11) is 0. The normalized spacial score (nSPS) is 11.8. The van der Waals surface area contributed by atoms with Crippen LogP contribution in [0.5, 0.6) is 0 Å². The summed E-state index contributed by atoms with van der Waals surface area (Å²) in [6, 6.07) is 7.25. The zero-order chi connectivity index (χ0) is 14.3. The van der Waals surface area contributed by atoms with Crippen molar-refractivity contribution in [3.05, 3.63) is 40.9 Å². The summed E-state index contributed by atoms with van der Waals surface area (Å²) < 4.78 is 0. The average Bonchev–Trinajstić information content (AvgIpc) is 2.42. The van der Waals surface area contributed by atoms with Crippen LogP contribution in [0, 0.1) is 0 Å². The molecule has 3 nitrogen and oxygen atoms in total. The van der Waals surface area contributed by atoms with Crippen LogP contribution in [-0.2, 0) is 4.79 Å². The summed E-state index contributed by atoms with van der Waals surface area (Å²) in [5.41, 5.74) is 0.0448. The molecule has 0 radical (unpaired) electrons. The van der Waals surface area contributed by atoms with Gasteiger partial charge in [0.25, 0.3) is 0 Å². The molecule has 0 heterocycles. The van der Waals surface area contributed by atoms with Gasteiger partial charge >= 0.3 is 0 Å². The van der Waals surface area contributed by atoms with Crippen LogP contribution in [0.1, 0.15) is 32.3 Å². The lowest BCUT2D eigenvalue weighted by Gasteiger charge is -2.24. The molecule has 0 atom stereocenters. The number of hydrogen-bond donors (Lipinski definition) is 2. The molecule has 104 valence electrons. The van der Waals surface area contributed by atoms with E-state index in [4.69, 9.17) is 11.6 Å². The first-order valence-corrected chi connectivity index (χ1v) is 6.81. The number of hydrogen-bond acceptors (Lipinski definition) is 2. The van der Waals surface area contributed by atoms with Gasteiger partial charge in [-0.1, -0.05) is 37.6 Å². The van der Waals surface area contributed by atoms with Crippen molar-refractivity contribution in [3.63, 3.8) is 0 Å². The molecule has 0 unspecified atom stereocenters. The number of nitrogens with one attached hydrogen (secondary N) is 1. The number of aliphatic hydroxyl groups is 1. The topological polar surface area (TPSA) is 49.3 Å². The second-order valence-electron chi connectivity index (χ2n) is 4.54. The zero-order valence-corrected chi connectivity index (χ0v) is 12.1. The molecule has 0 aliphatic carbocycles. The summed E-state index contributed by atoms with van der Waals surface area (Å²) >= 11 is 5.85. The standard InChI is InChI=1S/C15H20ClNO2/c1-3-15(19,4-2)11-17-14(18)9-8-12-6-5-7-13(16)10-12/h5-10,19H,3-4,11H2,1-2H3,(H,17,18). The number of rotatable bonds is 6. The Morgan fingerprint density at radius 2 is 2.11 bits per heavy atom. The van der Waals surface area contributed by atoms with Crippen LogP contribution in [0.4, 0.5) is 0 Å². The van der Waals surface area contributed by atoms with Crippen LogP contribution in [0.2, 0.25) is 5.02 Å². The highest BCUT2D eigenvalue weighted by Gasteiger charge is 2.22. The summed E-state index contributed by atoms with van der Waals surface area (Å²) in [6.07, 6.45) is 4.36. The minimum Gasteiger partial charge on any atom is -0.388 e. The number of carbonyl (C=O) groups excluding carboxylic acids is 1. The van der Waals surface area contributed by atoms with E-state index in [0.29, 0.717) is 17.9 Å². The lowest BCUT2D eigenvalue weighted by Crippen LogP contribution is -2.41. The maximum atomic E-state index is 11.6. The van der Waals surface area contributed by atoms with Crippen molar-refractivity contribution in [1.82, 2.24) is 5.32 Å². The second kappa shape index (κ2) is 7.31. The van der Waals surface area contributed by atoms with Crippen molar-refractivity contribution in [2.24, 2.45) is 0 Å². The molecule has 1 aromatic carbocycles. The molecule has 0 fully saturated rings. The molecule has 0 aromatic heterocycles. The molecule has 0 aliphatic rings. The number of carbonyl (C=O) groups is 1. The van der Waals surface area contributed by atoms with Gasteiger partial charge in [-0.3, -0.25) is 4.79 Å². The lowest BCUT2D eigenvalue weighted by atomic mass is 9.98. The highest BCUT2D eigenvalue weighted by molar-refractivity contribution is 6.30. The predicted molar refractivity (Wildman–Crippen MR) is 79.0 cm³/mol. The lowest BCUT2D eigenvalue weighted by molar-refractivity contribution is -0.117. The third-order valence-corrected chi connectivity index (χ3v) is 3.42. The Morgan fingerprint density at radius 1 is 1.42 bits per heavy atom. The summed E-state index contributed by atoms with van der Waals surface area (Å²) in [5.74, 6) is -0.222. The molecule has 19 heavy (non-hydrogen) atoms. The van der Waals surface area contributed by atoms with Gasteiger partial charge in [-0.25, -0.2) is 0 Å². The Morgan fingerprint density at radius 3 is 2.68 bits per heavy atom. The molecule has 0 spiro atoms. The maximum Gasteiger partial charge on any atom is 0.244 e. The van der Waals surface area contributed by atoms with Crippen LogP contribution in [0.15, 0.2) is 30.3 Å².